The Morgan fingerprint density at radius 3 is 2.54 bits per heavy atom. The van der Waals surface area contributed by atoms with Crippen LogP contribution < -0.4 is 0 Å². The Balaban J connectivity index is 1.81. The molecule has 0 amide bonds. The van der Waals surface area contributed by atoms with Gasteiger partial charge in [0.1, 0.15) is 0 Å². The zero-order chi connectivity index (χ0) is 17.1. The lowest BCUT2D eigenvalue weighted by Gasteiger charge is -2.43. The van der Waals surface area contributed by atoms with Crippen LogP contribution in [-0.2, 0) is 16.0 Å². The maximum atomic E-state index is 12.0. The van der Waals surface area contributed by atoms with Crippen LogP contribution in [-0.4, -0.2) is 37.1 Å². The lowest BCUT2D eigenvalue weighted by Crippen LogP contribution is -2.48. The van der Waals surface area contributed by atoms with E-state index in [0.717, 1.165) is 12.3 Å². The van der Waals surface area contributed by atoms with Crippen molar-refractivity contribution in [3.05, 3.63) is 35.9 Å². The van der Waals surface area contributed by atoms with Crippen molar-refractivity contribution < 1.29 is 9.53 Å². The Hall–Kier alpha value is -1.35. The average Bonchev–Trinajstić information content (AvgIpc) is 2.80. The van der Waals surface area contributed by atoms with Crippen molar-refractivity contribution in [3.63, 3.8) is 0 Å². The van der Waals surface area contributed by atoms with Gasteiger partial charge in [-0.15, -0.1) is 0 Å². The molecule has 132 valence electrons. The van der Waals surface area contributed by atoms with E-state index in [0.29, 0.717) is 30.3 Å². The van der Waals surface area contributed by atoms with E-state index < -0.39 is 0 Å². The maximum absolute atomic E-state index is 12.0. The van der Waals surface area contributed by atoms with Crippen LogP contribution in [0.4, 0.5) is 0 Å². The number of benzene rings is 1. The third-order valence-electron chi connectivity index (χ3n) is 6.41. The lowest BCUT2D eigenvalue weighted by molar-refractivity contribution is -0.143. The van der Waals surface area contributed by atoms with Crippen molar-refractivity contribution in [2.24, 2.45) is 17.8 Å². The number of nitrogens with zero attached hydrogens (tertiary/aromatic N) is 1. The fourth-order valence-corrected chi connectivity index (χ4v) is 5.26. The first-order valence-electron chi connectivity index (χ1n) is 9.46. The van der Waals surface area contributed by atoms with E-state index in [1.165, 1.54) is 38.4 Å². The summed E-state index contributed by atoms with van der Waals surface area (Å²) in [6.07, 6.45) is 6.69. The van der Waals surface area contributed by atoms with Crippen molar-refractivity contribution in [2.75, 3.05) is 14.2 Å². The van der Waals surface area contributed by atoms with Gasteiger partial charge in [-0.25, -0.2) is 0 Å². The Morgan fingerprint density at radius 2 is 1.88 bits per heavy atom. The molecular weight excluding hydrogens is 298 g/mol. The summed E-state index contributed by atoms with van der Waals surface area (Å²) in [4.78, 5) is 14.6. The van der Waals surface area contributed by atoms with E-state index in [9.17, 15) is 4.79 Å². The molecule has 2 aliphatic heterocycles. The summed E-state index contributed by atoms with van der Waals surface area (Å²) in [6, 6.07) is 12.0. The van der Waals surface area contributed by atoms with Crippen LogP contribution in [0.5, 0.6) is 0 Å². The Bertz CT molecular complexity index is 544. The first kappa shape index (κ1) is 17.5. The molecule has 2 bridgehead atoms. The molecule has 2 heterocycles. The number of ether oxygens (including phenoxy) is 1. The highest BCUT2D eigenvalue weighted by Crippen LogP contribution is 2.48. The van der Waals surface area contributed by atoms with Gasteiger partial charge < -0.3 is 4.74 Å². The molecule has 0 aromatic heterocycles. The van der Waals surface area contributed by atoms with Gasteiger partial charge in [-0.1, -0.05) is 43.7 Å². The molecule has 1 aromatic rings. The third-order valence-corrected chi connectivity index (χ3v) is 6.41. The highest BCUT2D eigenvalue weighted by molar-refractivity contribution is 5.69. The number of methoxy groups -OCH3 is 1. The summed E-state index contributed by atoms with van der Waals surface area (Å²) < 4.78 is 5.01. The van der Waals surface area contributed by atoms with E-state index >= 15 is 0 Å². The zero-order valence-electron chi connectivity index (χ0n) is 15.3. The fourth-order valence-electron chi connectivity index (χ4n) is 5.26. The summed E-state index contributed by atoms with van der Waals surface area (Å²) >= 11 is 0. The Morgan fingerprint density at radius 1 is 1.17 bits per heavy atom. The molecular formula is C21H31NO2. The minimum Gasteiger partial charge on any atom is -0.469 e. The highest BCUT2D eigenvalue weighted by Gasteiger charge is 2.50. The summed E-state index contributed by atoms with van der Waals surface area (Å²) in [5.41, 5.74) is 1.40. The van der Waals surface area contributed by atoms with Gasteiger partial charge in [0.05, 0.1) is 13.5 Å². The molecule has 24 heavy (non-hydrogen) atoms. The standard InChI is InChI=1S/C21H31NO2/c1-4-8-16-12-20-18(14-21(23)24-3)17(13-19(16)22(20)2)11-15-9-6-5-7-10-15/h5-7,9-10,16-20H,4,8,11-14H2,1-3H3/t16-,17+,18-,19-,20-/m1/s1. The fraction of sp³-hybridized carbons (Fsp3) is 0.667. The van der Waals surface area contributed by atoms with Crippen LogP contribution in [0.25, 0.3) is 0 Å². The zero-order valence-corrected chi connectivity index (χ0v) is 15.3. The Kier molecular flexibility index (Phi) is 5.60. The first-order chi connectivity index (χ1) is 11.6. The van der Waals surface area contributed by atoms with Gasteiger partial charge >= 0.3 is 5.97 Å². The predicted octanol–water partition coefficient (Wildman–Crippen LogP) is 3.92. The molecule has 3 heteroatoms. The molecule has 0 spiro atoms. The molecule has 2 aliphatic rings. The van der Waals surface area contributed by atoms with Crippen molar-refractivity contribution in [3.8, 4) is 0 Å². The molecule has 1 aromatic carbocycles. The van der Waals surface area contributed by atoms with E-state index in [2.05, 4.69) is 49.2 Å². The topological polar surface area (TPSA) is 29.5 Å². The summed E-state index contributed by atoms with van der Waals surface area (Å²) in [5.74, 6) is 1.75. The predicted molar refractivity (Wildman–Crippen MR) is 96.7 cm³/mol. The second-order valence-electron chi connectivity index (χ2n) is 7.71. The molecule has 2 saturated heterocycles. The van der Waals surface area contributed by atoms with Crippen LogP contribution >= 0.6 is 0 Å². The van der Waals surface area contributed by atoms with E-state index in [4.69, 9.17) is 4.74 Å². The van der Waals surface area contributed by atoms with Crippen LogP contribution in [0.15, 0.2) is 30.3 Å². The largest absolute Gasteiger partial charge is 0.469 e. The van der Waals surface area contributed by atoms with Gasteiger partial charge in [-0.3, -0.25) is 9.69 Å². The van der Waals surface area contributed by atoms with Crippen molar-refractivity contribution in [1.82, 2.24) is 4.90 Å². The molecule has 0 aliphatic carbocycles. The summed E-state index contributed by atoms with van der Waals surface area (Å²) in [5, 5.41) is 0. The van der Waals surface area contributed by atoms with Crippen LogP contribution in [0, 0.1) is 17.8 Å². The van der Waals surface area contributed by atoms with Crippen molar-refractivity contribution in [1.29, 1.82) is 0 Å². The molecule has 3 rings (SSSR count). The molecule has 0 saturated carbocycles. The van der Waals surface area contributed by atoms with Crippen molar-refractivity contribution >= 4 is 5.97 Å². The molecule has 0 N–H and O–H groups in total. The first-order valence-corrected chi connectivity index (χ1v) is 9.46. The molecule has 0 radical (unpaired) electrons. The van der Waals surface area contributed by atoms with E-state index in [-0.39, 0.29) is 5.97 Å². The maximum Gasteiger partial charge on any atom is 0.305 e. The van der Waals surface area contributed by atoms with Gasteiger partial charge in [0, 0.05) is 12.1 Å². The minimum absolute atomic E-state index is 0.0520. The molecule has 0 unspecified atom stereocenters. The van der Waals surface area contributed by atoms with Gasteiger partial charge in [0.15, 0.2) is 0 Å². The van der Waals surface area contributed by atoms with Gasteiger partial charge in [-0.2, -0.15) is 0 Å². The Labute approximate surface area is 146 Å². The monoisotopic (exact) mass is 329 g/mol. The smallest absolute Gasteiger partial charge is 0.305 e. The van der Waals surface area contributed by atoms with E-state index in [1.807, 2.05) is 0 Å². The van der Waals surface area contributed by atoms with Gasteiger partial charge in [0.25, 0.3) is 0 Å². The number of carbonyl (C=O) groups is 1. The minimum atomic E-state index is -0.0520. The molecule has 5 atom stereocenters. The van der Waals surface area contributed by atoms with Gasteiger partial charge in [0.2, 0.25) is 0 Å². The van der Waals surface area contributed by atoms with E-state index in [1.54, 1.807) is 0 Å². The van der Waals surface area contributed by atoms with Crippen LogP contribution in [0.2, 0.25) is 0 Å². The highest BCUT2D eigenvalue weighted by atomic mass is 16.5. The number of esters is 1. The number of carbonyl (C=O) groups excluding carboxylic acids is 1. The second-order valence-corrected chi connectivity index (χ2v) is 7.71. The normalized spacial score (nSPS) is 32.7. The number of hydrogen-bond donors (Lipinski definition) is 0. The van der Waals surface area contributed by atoms with Crippen LogP contribution in [0.1, 0.15) is 44.6 Å². The average molecular weight is 329 g/mol. The number of rotatable bonds is 6. The lowest BCUT2D eigenvalue weighted by atomic mass is 9.75. The quantitative estimate of drug-likeness (QED) is 0.741. The number of fused-ring (bicyclic) bond motifs is 2. The summed E-state index contributed by atoms with van der Waals surface area (Å²) in [7, 11) is 3.78. The second kappa shape index (κ2) is 7.69. The summed E-state index contributed by atoms with van der Waals surface area (Å²) in [6.45, 7) is 2.29. The van der Waals surface area contributed by atoms with Gasteiger partial charge in [-0.05, 0) is 56.0 Å². The van der Waals surface area contributed by atoms with Crippen molar-refractivity contribution in [2.45, 2.75) is 57.5 Å². The number of piperidine rings is 1. The number of hydrogen-bond acceptors (Lipinski definition) is 3. The third kappa shape index (κ3) is 3.51. The van der Waals surface area contributed by atoms with Crippen LogP contribution in [0.3, 0.4) is 0 Å². The molecule has 2 fully saturated rings. The molecule has 3 nitrogen and oxygen atoms in total. The SMILES string of the molecule is CCC[C@@H]1C[C@@H]2[C@H](CC(=O)OC)[C@@H](Cc3ccccc3)C[C@H]1N2C.